The monoisotopic (exact) mass is 303 g/mol. The van der Waals surface area contributed by atoms with Crippen molar-refractivity contribution >= 4 is 16.0 Å². The zero-order valence-electron chi connectivity index (χ0n) is 11.5. The highest BCUT2D eigenvalue weighted by atomic mass is 32.2. The highest BCUT2D eigenvalue weighted by Crippen LogP contribution is 2.06. The number of nitrogen functional groups attached to an aromatic ring is 1. The molecule has 4 N–H and O–H groups in total. The van der Waals surface area contributed by atoms with E-state index in [-0.39, 0.29) is 10.8 Å². The van der Waals surface area contributed by atoms with Gasteiger partial charge in [-0.2, -0.15) is 0 Å². The molecule has 9 heteroatoms. The van der Waals surface area contributed by atoms with Crippen molar-refractivity contribution in [3.05, 3.63) is 12.4 Å². The van der Waals surface area contributed by atoms with E-state index in [0.29, 0.717) is 26.2 Å². The summed E-state index contributed by atoms with van der Waals surface area (Å²) in [6.07, 6.45) is 5.11. The van der Waals surface area contributed by atoms with Crippen LogP contribution < -0.4 is 16.0 Å². The molecule has 20 heavy (non-hydrogen) atoms. The minimum absolute atomic E-state index is 0.00315. The van der Waals surface area contributed by atoms with Crippen molar-refractivity contribution < 1.29 is 13.2 Å². The number of ether oxygens (including phenoxy) is 1. The largest absolute Gasteiger partial charge is 0.381 e. The molecule has 0 aliphatic rings. The second-order valence-corrected chi connectivity index (χ2v) is 5.87. The van der Waals surface area contributed by atoms with Gasteiger partial charge in [-0.15, -0.1) is 0 Å². The average Bonchev–Trinajstić information content (AvgIpc) is 2.46. The van der Waals surface area contributed by atoms with Crippen molar-refractivity contribution in [2.24, 2.45) is 5.84 Å². The molecule has 0 bridgehead atoms. The zero-order chi connectivity index (χ0) is 14.8. The molecule has 0 saturated heterocycles. The van der Waals surface area contributed by atoms with E-state index in [1.807, 2.05) is 0 Å². The van der Waals surface area contributed by atoms with Gasteiger partial charge in [-0.05, 0) is 12.8 Å². The Morgan fingerprint density at radius 2 is 1.90 bits per heavy atom. The van der Waals surface area contributed by atoms with Gasteiger partial charge >= 0.3 is 0 Å². The Morgan fingerprint density at radius 3 is 2.50 bits per heavy atom. The number of nitrogens with zero attached hydrogens (tertiary/aromatic N) is 2. The number of anilines is 1. The number of unbranched alkanes of at least 4 members (excludes halogenated alkanes) is 1. The summed E-state index contributed by atoms with van der Waals surface area (Å²) in [5.41, 5.74) is 2.23. The van der Waals surface area contributed by atoms with E-state index in [4.69, 9.17) is 10.6 Å². The van der Waals surface area contributed by atoms with Crippen molar-refractivity contribution in [3.8, 4) is 0 Å². The minimum Gasteiger partial charge on any atom is -0.381 e. The number of hydrazine groups is 1. The van der Waals surface area contributed by atoms with E-state index in [0.717, 1.165) is 12.8 Å². The molecule has 0 atom stereocenters. The summed E-state index contributed by atoms with van der Waals surface area (Å²) in [7, 11) is -3.58. The van der Waals surface area contributed by atoms with E-state index in [1.54, 1.807) is 0 Å². The van der Waals surface area contributed by atoms with Crippen molar-refractivity contribution in [3.63, 3.8) is 0 Å². The van der Waals surface area contributed by atoms with Crippen LogP contribution in [-0.2, 0) is 14.8 Å². The minimum atomic E-state index is -3.58. The topological polar surface area (TPSA) is 119 Å². The molecule has 0 saturated carbocycles. The third-order valence-corrected chi connectivity index (χ3v) is 3.88. The van der Waals surface area contributed by atoms with Crippen LogP contribution in [-0.4, -0.2) is 38.1 Å². The third-order valence-electron chi connectivity index (χ3n) is 2.47. The summed E-state index contributed by atoms with van der Waals surface area (Å²) in [6, 6.07) is 0. The molecule has 0 aromatic carbocycles. The standard InChI is InChI=1S/C11H21N5O3S/c1-2-3-6-19-7-4-5-15-20(17,18)10-8-13-11(16-12)14-9-10/h8-9,15H,2-7,12H2,1H3,(H,13,14,16). The van der Waals surface area contributed by atoms with Gasteiger partial charge < -0.3 is 4.74 Å². The number of nitrogens with two attached hydrogens (primary N) is 1. The van der Waals surface area contributed by atoms with Crippen LogP contribution in [0.1, 0.15) is 26.2 Å². The van der Waals surface area contributed by atoms with Crippen molar-refractivity contribution in [1.29, 1.82) is 0 Å². The molecular formula is C11H21N5O3S. The van der Waals surface area contributed by atoms with Crippen LogP contribution in [0.15, 0.2) is 17.3 Å². The van der Waals surface area contributed by atoms with E-state index >= 15 is 0 Å². The van der Waals surface area contributed by atoms with Crippen LogP contribution in [0.3, 0.4) is 0 Å². The second-order valence-electron chi connectivity index (χ2n) is 4.10. The molecule has 0 aliphatic carbocycles. The van der Waals surface area contributed by atoms with Gasteiger partial charge in [-0.1, -0.05) is 13.3 Å². The predicted molar refractivity (Wildman–Crippen MR) is 75.4 cm³/mol. The van der Waals surface area contributed by atoms with Gasteiger partial charge in [-0.25, -0.2) is 29.0 Å². The van der Waals surface area contributed by atoms with E-state index < -0.39 is 10.0 Å². The second kappa shape index (κ2) is 8.80. The Bertz CT molecular complexity index is 477. The lowest BCUT2D eigenvalue weighted by Gasteiger charge is -2.07. The van der Waals surface area contributed by atoms with Gasteiger partial charge in [0, 0.05) is 19.8 Å². The summed E-state index contributed by atoms with van der Waals surface area (Å²) in [6.45, 7) is 3.65. The normalized spacial score (nSPS) is 11.5. The molecule has 1 heterocycles. The maximum Gasteiger partial charge on any atom is 0.243 e. The van der Waals surface area contributed by atoms with Crippen LogP contribution in [0.25, 0.3) is 0 Å². The zero-order valence-corrected chi connectivity index (χ0v) is 12.3. The van der Waals surface area contributed by atoms with Gasteiger partial charge in [0.1, 0.15) is 4.90 Å². The summed E-state index contributed by atoms with van der Waals surface area (Å²) < 4.78 is 31.6. The van der Waals surface area contributed by atoms with Gasteiger partial charge in [0.25, 0.3) is 0 Å². The average molecular weight is 303 g/mol. The Labute approximate surface area is 119 Å². The highest BCUT2D eigenvalue weighted by molar-refractivity contribution is 7.89. The third kappa shape index (κ3) is 5.78. The number of hydrogen-bond acceptors (Lipinski definition) is 7. The highest BCUT2D eigenvalue weighted by Gasteiger charge is 2.14. The molecule has 114 valence electrons. The van der Waals surface area contributed by atoms with Gasteiger partial charge in [0.2, 0.25) is 16.0 Å². The van der Waals surface area contributed by atoms with E-state index in [1.165, 1.54) is 12.4 Å². The summed E-state index contributed by atoms with van der Waals surface area (Å²) in [5.74, 6) is 5.26. The summed E-state index contributed by atoms with van der Waals surface area (Å²) >= 11 is 0. The quantitative estimate of drug-likeness (QED) is 0.322. The van der Waals surface area contributed by atoms with Crippen molar-refractivity contribution in [2.45, 2.75) is 31.1 Å². The molecule has 0 aliphatic heterocycles. The van der Waals surface area contributed by atoms with Crippen LogP contribution in [0.5, 0.6) is 0 Å². The van der Waals surface area contributed by atoms with Gasteiger partial charge in [0.15, 0.2) is 0 Å². The van der Waals surface area contributed by atoms with E-state index in [2.05, 4.69) is 27.0 Å². The smallest absolute Gasteiger partial charge is 0.243 e. The fraction of sp³-hybridized carbons (Fsp3) is 0.636. The fourth-order valence-corrected chi connectivity index (χ4v) is 2.30. The first-order chi connectivity index (χ1) is 9.60. The Balaban J connectivity index is 2.33. The van der Waals surface area contributed by atoms with Crippen LogP contribution >= 0.6 is 0 Å². The molecule has 0 unspecified atom stereocenters. The van der Waals surface area contributed by atoms with Crippen molar-refractivity contribution in [2.75, 3.05) is 25.2 Å². The number of hydrogen-bond donors (Lipinski definition) is 3. The van der Waals surface area contributed by atoms with E-state index in [9.17, 15) is 8.42 Å². The Kier molecular flexibility index (Phi) is 7.37. The number of sulfonamides is 1. The number of aromatic nitrogens is 2. The molecule has 0 spiro atoms. The van der Waals surface area contributed by atoms with Gasteiger partial charge in [0.05, 0.1) is 12.4 Å². The summed E-state index contributed by atoms with van der Waals surface area (Å²) in [5, 5.41) is 0. The predicted octanol–water partition coefficient (Wildman–Crippen LogP) is 0.247. The maximum absolute atomic E-state index is 11.9. The number of nitrogens with one attached hydrogen (secondary N) is 2. The SMILES string of the molecule is CCCCOCCCNS(=O)(=O)c1cnc(NN)nc1. The first kappa shape index (κ1) is 16.8. The lowest BCUT2D eigenvalue weighted by Crippen LogP contribution is -2.26. The molecule has 0 radical (unpaired) electrons. The van der Waals surface area contributed by atoms with Crippen LogP contribution in [0.4, 0.5) is 5.95 Å². The molecular weight excluding hydrogens is 282 g/mol. The first-order valence-corrected chi connectivity index (χ1v) is 7.94. The lowest BCUT2D eigenvalue weighted by molar-refractivity contribution is 0.130. The maximum atomic E-state index is 11.9. The fourth-order valence-electron chi connectivity index (χ4n) is 1.34. The number of rotatable bonds is 10. The lowest BCUT2D eigenvalue weighted by atomic mass is 10.4. The Morgan fingerprint density at radius 1 is 1.25 bits per heavy atom. The molecule has 1 aromatic heterocycles. The van der Waals surface area contributed by atoms with Crippen LogP contribution in [0, 0.1) is 0 Å². The molecule has 1 aromatic rings. The first-order valence-electron chi connectivity index (χ1n) is 6.46. The molecule has 1 rings (SSSR count). The molecule has 8 nitrogen and oxygen atoms in total. The summed E-state index contributed by atoms with van der Waals surface area (Å²) in [4.78, 5) is 7.50. The van der Waals surface area contributed by atoms with Gasteiger partial charge in [-0.3, -0.25) is 5.43 Å². The van der Waals surface area contributed by atoms with Crippen molar-refractivity contribution in [1.82, 2.24) is 14.7 Å². The molecule has 0 amide bonds. The Hall–Kier alpha value is -1.29. The van der Waals surface area contributed by atoms with Crippen LogP contribution in [0.2, 0.25) is 0 Å². The molecule has 0 fully saturated rings.